The van der Waals surface area contributed by atoms with E-state index in [0.717, 1.165) is 60.6 Å². The number of amides is 5. The predicted molar refractivity (Wildman–Crippen MR) is 227 cm³/mol. The number of carboxylic acid groups (broad SMARTS) is 1. The number of benzene rings is 2. The van der Waals surface area contributed by atoms with Gasteiger partial charge in [0.05, 0.1) is 12.5 Å². The number of carbonyl (C=O) groups excluding carboxylic acids is 5. The topological polar surface area (TPSA) is 242 Å². The fraction of sp³-hybridized carbons (Fsp3) is 0.545. The first-order valence-corrected chi connectivity index (χ1v) is 20.9. The van der Waals surface area contributed by atoms with Crippen LogP contribution in [0.15, 0.2) is 60.8 Å². The summed E-state index contributed by atoms with van der Waals surface area (Å²) in [6.07, 6.45) is 7.97. The number of carbonyl (C=O) groups is 6. The third-order valence-corrected chi connectivity index (χ3v) is 11.0. The summed E-state index contributed by atoms with van der Waals surface area (Å²) in [5.41, 5.74) is 14.3. The molecule has 4 rings (SSSR count). The van der Waals surface area contributed by atoms with Gasteiger partial charge in [0.1, 0.15) is 18.1 Å². The van der Waals surface area contributed by atoms with Gasteiger partial charge in [0, 0.05) is 55.5 Å². The lowest BCUT2D eigenvalue weighted by Gasteiger charge is -2.34. The minimum absolute atomic E-state index is 0.0115. The van der Waals surface area contributed by atoms with E-state index in [1.807, 2.05) is 42.3 Å². The van der Waals surface area contributed by atoms with Crippen molar-refractivity contribution in [3.63, 3.8) is 0 Å². The van der Waals surface area contributed by atoms with Crippen LogP contribution in [0.4, 0.5) is 0 Å². The molecular weight excluding hydrogens is 753 g/mol. The molecule has 0 radical (unpaired) electrons. The minimum atomic E-state index is -1.24. The predicted octanol–water partition coefficient (Wildman–Crippen LogP) is 2.91. The Hall–Kier alpha value is -5.28. The second-order valence-corrected chi connectivity index (χ2v) is 16.5. The van der Waals surface area contributed by atoms with Crippen LogP contribution in [0.2, 0.25) is 0 Å². The van der Waals surface area contributed by atoms with E-state index in [9.17, 15) is 28.8 Å². The van der Waals surface area contributed by atoms with Crippen molar-refractivity contribution < 1.29 is 33.9 Å². The molecule has 15 heteroatoms. The van der Waals surface area contributed by atoms with Gasteiger partial charge in [0.2, 0.25) is 29.5 Å². The number of H-pyrrole nitrogens is 1. The van der Waals surface area contributed by atoms with Gasteiger partial charge in [-0.2, -0.15) is 0 Å². The molecule has 0 spiro atoms. The highest BCUT2D eigenvalue weighted by Crippen LogP contribution is 2.29. The number of carboxylic acids is 1. The van der Waals surface area contributed by atoms with E-state index in [4.69, 9.17) is 16.6 Å². The van der Waals surface area contributed by atoms with E-state index in [1.54, 1.807) is 30.5 Å². The maximum absolute atomic E-state index is 14.4. The average Bonchev–Trinajstić information content (AvgIpc) is 3.60. The van der Waals surface area contributed by atoms with Gasteiger partial charge in [-0.25, -0.2) is 0 Å². The SMILES string of the molecule is CC(C)C[C@H](N)CN(C)[C@@H](CC1CCCCC1)C(=O)N[C@@H](CCC(N)=O)C(=O)N[C@@H](Cc1c[nH]c2ccccc12)C(=O)N[C@@H](Cc1ccccc1)C(=O)NCCC(=O)O. The van der Waals surface area contributed by atoms with E-state index in [0.29, 0.717) is 24.8 Å². The van der Waals surface area contributed by atoms with Crippen LogP contribution < -0.4 is 32.7 Å². The Morgan fingerprint density at radius 3 is 2.10 bits per heavy atom. The van der Waals surface area contributed by atoms with Crippen molar-refractivity contribution in [2.75, 3.05) is 20.1 Å². The number of nitrogens with zero attached hydrogens (tertiary/aromatic N) is 1. The van der Waals surface area contributed by atoms with Crippen LogP contribution in [0.25, 0.3) is 10.9 Å². The summed E-state index contributed by atoms with van der Waals surface area (Å²) in [4.78, 5) is 84.9. The van der Waals surface area contributed by atoms with Gasteiger partial charge < -0.3 is 42.8 Å². The van der Waals surface area contributed by atoms with Gasteiger partial charge in [-0.1, -0.05) is 94.5 Å². The fourth-order valence-electron chi connectivity index (χ4n) is 7.98. The molecule has 59 heavy (non-hydrogen) atoms. The van der Waals surface area contributed by atoms with Crippen LogP contribution in [0.3, 0.4) is 0 Å². The number of aromatic amines is 1. The zero-order chi connectivity index (χ0) is 42.9. The van der Waals surface area contributed by atoms with Crippen molar-refractivity contribution in [2.24, 2.45) is 23.3 Å². The van der Waals surface area contributed by atoms with E-state index in [-0.39, 0.29) is 50.6 Å². The maximum Gasteiger partial charge on any atom is 0.305 e. The number of hydrogen-bond acceptors (Lipinski definition) is 8. The Morgan fingerprint density at radius 1 is 0.814 bits per heavy atom. The molecule has 5 amide bonds. The molecule has 5 atom stereocenters. The number of nitrogens with two attached hydrogens (primary N) is 2. The molecule has 15 nitrogen and oxygen atoms in total. The molecule has 1 aromatic heterocycles. The maximum atomic E-state index is 14.4. The largest absolute Gasteiger partial charge is 0.481 e. The van der Waals surface area contributed by atoms with Crippen molar-refractivity contribution >= 4 is 46.4 Å². The Morgan fingerprint density at radius 2 is 1.44 bits per heavy atom. The van der Waals surface area contributed by atoms with Crippen LogP contribution in [0, 0.1) is 11.8 Å². The number of para-hydroxylation sites is 1. The van der Waals surface area contributed by atoms with Crippen molar-refractivity contribution in [3.8, 4) is 0 Å². The van der Waals surface area contributed by atoms with Crippen LogP contribution in [-0.2, 0) is 41.6 Å². The van der Waals surface area contributed by atoms with Gasteiger partial charge in [-0.3, -0.25) is 33.7 Å². The minimum Gasteiger partial charge on any atom is -0.481 e. The molecule has 0 bridgehead atoms. The number of aliphatic carboxylic acids is 1. The van der Waals surface area contributed by atoms with E-state index in [1.165, 1.54) is 0 Å². The second-order valence-electron chi connectivity index (χ2n) is 16.5. The Balaban J connectivity index is 1.62. The highest BCUT2D eigenvalue weighted by Gasteiger charge is 2.34. The highest BCUT2D eigenvalue weighted by molar-refractivity contribution is 5.96. The third-order valence-electron chi connectivity index (χ3n) is 11.0. The van der Waals surface area contributed by atoms with Crippen LogP contribution >= 0.6 is 0 Å². The molecule has 1 saturated carbocycles. The third kappa shape index (κ3) is 15.4. The molecule has 1 aliphatic carbocycles. The van der Waals surface area contributed by atoms with Gasteiger partial charge in [-0.05, 0) is 55.3 Å². The van der Waals surface area contributed by atoms with Gasteiger partial charge in [0.15, 0.2) is 0 Å². The first-order chi connectivity index (χ1) is 28.2. The van der Waals surface area contributed by atoms with Crippen molar-refractivity contribution in [1.29, 1.82) is 0 Å². The number of primary amides is 1. The molecule has 1 heterocycles. The first-order valence-electron chi connectivity index (χ1n) is 20.9. The fourth-order valence-corrected chi connectivity index (χ4v) is 7.98. The molecule has 2 aromatic carbocycles. The van der Waals surface area contributed by atoms with Crippen LogP contribution in [0.1, 0.15) is 89.2 Å². The van der Waals surface area contributed by atoms with Crippen molar-refractivity contribution in [3.05, 3.63) is 71.9 Å². The molecule has 0 unspecified atom stereocenters. The smallest absolute Gasteiger partial charge is 0.305 e. The summed E-state index contributed by atoms with van der Waals surface area (Å²) in [6.45, 7) is 4.52. The lowest BCUT2D eigenvalue weighted by Crippen LogP contribution is -2.59. The van der Waals surface area contributed by atoms with Gasteiger partial charge >= 0.3 is 5.97 Å². The number of likely N-dealkylation sites (N-methyl/N-ethyl adjacent to an activating group) is 1. The number of hydrogen-bond donors (Lipinski definition) is 8. The Bertz CT molecular complexity index is 1840. The zero-order valence-corrected chi connectivity index (χ0v) is 34.7. The Kier molecular flexibility index (Phi) is 18.4. The first kappa shape index (κ1) is 46.4. The lowest BCUT2D eigenvalue weighted by atomic mass is 9.84. The average molecular weight is 817 g/mol. The van der Waals surface area contributed by atoms with Crippen molar-refractivity contribution in [1.82, 2.24) is 31.2 Å². The number of rotatable bonds is 24. The quantitative estimate of drug-likeness (QED) is 0.0662. The number of aromatic nitrogens is 1. The highest BCUT2D eigenvalue weighted by atomic mass is 16.4. The van der Waals surface area contributed by atoms with E-state index >= 15 is 0 Å². The summed E-state index contributed by atoms with van der Waals surface area (Å²) < 4.78 is 0. The molecule has 0 saturated heterocycles. The second kappa shape index (κ2) is 23.3. The normalized spacial score (nSPS) is 15.8. The van der Waals surface area contributed by atoms with E-state index in [2.05, 4.69) is 40.1 Å². The number of fused-ring (bicyclic) bond motifs is 1. The Labute approximate surface area is 347 Å². The van der Waals surface area contributed by atoms with Gasteiger partial charge in [-0.15, -0.1) is 0 Å². The molecule has 3 aromatic rings. The molecule has 0 aliphatic heterocycles. The molecule has 1 aliphatic rings. The summed E-state index contributed by atoms with van der Waals surface area (Å²) >= 11 is 0. The summed E-state index contributed by atoms with van der Waals surface area (Å²) in [7, 11) is 1.87. The lowest BCUT2D eigenvalue weighted by molar-refractivity contribution is -0.137. The van der Waals surface area contributed by atoms with Gasteiger partial charge in [0.25, 0.3) is 0 Å². The summed E-state index contributed by atoms with van der Waals surface area (Å²) in [5.74, 6) is -3.37. The monoisotopic (exact) mass is 816 g/mol. The molecular formula is C44H64N8O7. The van der Waals surface area contributed by atoms with Crippen LogP contribution in [-0.4, -0.2) is 101 Å². The molecule has 1 fully saturated rings. The summed E-state index contributed by atoms with van der Waals surface area (Å²) in [6, 6.07) is 12.2. The van der Waals surface area contributed by atoms with E-state index < -0.39 is 53.8 Å². The van der Waals surface area contributed by atoms with Crippen molar-refractivity contribution in [2.45, 2.75) is 121 Å². The standard InChI is InChI=1S/C44H64N8O7/c1-28(2)22-32(45)27-52(3)38(24-30-14-8-5-9-15-30)44(59)49-35(18-19-39(46)53)42(57)51-37(25-31-26-48-34-17-11-10-16-33(31)34)43(58)50-36(23-29-12-6-4-7-13-29)41(56)47-21-20-40(54)55/h4,6-7,10-13,16-17,26,28,30,32,35-38,48H,5,8-9,14-15,18-25,27,45H2,1-3H3,(H2,46,53)(H,47,56)(H,49,59)(H,50,58)(H,51,57)(H,54,55)/t32-,35-,36-,37-,38-/m0/s1. The van der Waals surface area contributed by atoms with Crippen LogP contribution in [0.5, 0.6) is 0 Å². The number of nitrogens with one attached hydrogen (secondary N) is 5. The molecule has 322 valence electrons. The molecule has 10 N–H and O–H groups in total. The zero-order valence-electron chi connectivity index (χ0n) is 34.7. The summed E-state index contributed by atoms with van der Waals surface area (Å²) in [5, 5.41) is 21.1.